The number of H-pyrrole nitrogens is 1. The van der Waals surface area contributed by atoms with E-state index in [2.05, 4.69) is 15.3 Å². The van der Waals surface area contributed by atoms with Crippen LogP contribution in [0.1, 0.15) is 19.2 Å². The van der Waals surface area contributed by atoms with Crippen molar-refractivity contribution >= 4 is 34.1 Å². The van der Waals surface area contributed by atoms with E-state index in [-0.39, 0.29) is 24.3 Å². The van der Waals surface area contributed by atoms with Crippen LogP contribution in [0.15, 0.2) is 71.5 Å². The summed E-state index contributed by atoms with van der Waals surface area (Å²) in [5.41, 5.74) is 0.816. The van der Waals surface area contributed by atoms with E-state index in [1.54, 1.807) is 48.5 Å². The Morgan fingerprint density at radius 3 is 2.61 bits per heavy atom. The summed E-state index contributed by atoms with van der Waals surface area (Å²) in [6.07, 6.45) is 0.401. The van der Waals surface area contributed by atoms with Gasteiger partial charge in [0.05, 0.1) is 23.2 Å². The number of carbonyl (C=O) groups is 1. The molecule has 0 aliphatic rings. The number of carbonyl (C=O) groups excluding carboxylic acids is 1. The van der Waals surface area contributed by atoms with Crippen LogP contribution >= 0.6 is 11.6 Å². The smallest absolute Gasteiger partial charge is 0.258 e. The summed E-state index contributed by atoms with van der Waals surface area (Å²) >= 11 is 6.13. The molecule has 1 heterocycles. The fraction of sp³-hybridized carbons (Fsp3) is 0.160. The summed E-state index contributed by atoms with van der Waals surface area (Å²) in [5, 5.41) is 3.81. The highest BCUT2D eigenvalue weighted by Gasteiger charge is 2.12. The normalized spacial score (nSPS) is 10.7. The third kappa shape index (κ3) is 5.70. The second-order valence-corrected chi connectivity index (χ2v) is 7.66. The maximum atomic E-state index is 12.6. The standard InChI is InChI=1S/C25H22ClN3O4/c1-2-32-17-8-10-18(11-9-17)33-22-12-7-16(26)15-21(22)28-24(30)14-13-23-27-20-6-4-3-5-19(20)25(31)29-23/h3-12,15H,2,13-14H2,1H3,(H,28,30)(H,27,29,31). The van der Waals surface area contributed by atoms with Gasteiger partial charge in [-0.3, -0.25) is 9.59 Å². The van der Waals surface area contributed by atoms with Gasteiger partial charge in [-0.2, -0.15) is 0 Å². The first kappa shape index (κ1) is 22.4. The Hall–Kier alpha value is -3.84. The van der Waals surface area contributed by atoms with Crippen LogP contribution in [0.5, 0.6) is 17.2 Å². The number of anilines is 1. The van der Waals surface area contributed by atoms with Crippen molar-refractivity contribution in [1.29, 1.82) is 0 Å². The van der Waals surface area contributed by atoms with E-state index >= 15 is 0 Å². The minimum Gasteiger partial charge on any atom is -0.494 e. The largest absolute Gasteiger partial charge is 0.494 e. The number of fused-ring (bicyclic) bond motifs is 1. The van der Waals surface area contributed by atoms with Gasteiger partial charge in [-0.1, -0.05) is 23.7 Å². The van der Waals surface area contributed by atoms with Gasteiger partial charge < -0.3 is 19.8 Å². The lowest BCUT2D eigenvalue weighted by molar-refractivity contribution is -0.116. The molecule has 4 aromatic rings. The Morgan fingerprint density at radius 2 is 1.82 bits per heavy atom. The van der Waals surface area contributed by atoms with Crippen molar-refractivity contribution < 1.29 is 14.3 Å². The number of para-hydroxylation sites is 1. The lowest BCUT2D eigenvalue weighted by Crippen LogP contribution is -2.16. The zero-order valence-electron chi connectivity index (χ0n) is 17.9. The monoisotopic (exact) mass is 463 g/mol. The van der Waals surface area contributed by atoms with Crippen LogP contribution in [0, 0.1) is 0 Å². The second kappa shape index (κ2) is 10.2. The lowest BCUT2D eigenvalue weighted by atomic mass is 10.2. The highest BCUT2D eigenvalue weighted by atomic mass is 35.5. The predicted molar refractivity (Wildman–Crippen MR) is 128 cm³/mol. The summed E-state index contributed by atoms with van der Waals surface area (Å²) in [7, 11) is 0. The van der Waals surface area contributed by atoms with Gasteiger partial charge in [-0.05, 0) is 61.5 Å². The van der Waals surface area contributed by atoms with E-state index in [1.165, 1.54) is 0 Å². The summed E-state index contributed by atoms with van der Waals surface area (Å²) in [6, 6.07) is 19.3. The molecule has 3 aromatic carbocycles. The molecule has 1 amide bonds. The molecule has 168 valence electrons. The van der Waals surface area contributed by atoms with Crippen molar-refractivity contribution in [2.24, 2.45) is 0 Å². The fourth-order valence-corrected chi connectivity index (χ4v) is 3.46. The number of aromatic amines is 1. The third-order valence-electron chi connectivity index (χ3n) is 4.83. The predicted octanol–water partition coefficient (Wildman–Crippen LogP) is 5.34. The molecule has 0 radical (unpaired) electrons. The molecule has 0 aliphatic carbocycles. The van der Waals surface area contributed by atoms with Crippen molar-refractivity contribution in [3.8, 4) is 17.2 Å². The highest BCUT2D eigenvalue weighted by Crippen LogP contribution is 2.33. The van der Waals surface area contributed by atoms with E-state index in [1.807, 2.05) is 25.1 Å². The van der Waals surface area contributed by atoms with Crippen LogP contribution < -0.4 is 20.3 Å². The topological polar surface area (TPSA) is 93.3 Å². The van der Waals surface area contributed by atoms with Gasteiger partial charge in [0.2, 0.25) is 5.91 Å². The Morgan fingerprint density at radius 1 is 1.06 bits per heavy atom. The maximum Gasteiger partial charge on any atom is 0.258 e. The number of hydrogen-bond donors (Lipinski definition) is 2. The van der Waals surface area contributed by atoms with Gasteiger partial charge in [0.1, 0.15) is 17.3 Å². The molecule has 0 fully saturated rings. The lowest BCUT2D eigenvalue weighted by Gasteiger charge is -2.13. The quantitative estimate of drug-likeness (QED) is 0.368. The number of nitrogens with zero attached hydrogens (tertiary/aromatic N) is 1. The first-order chi connectivity index (χ1) is 16.0. The summed E-state index contributed by atoms with van der Waals surface area (Å²) in [6.45, 7) is 2.50. The average molecular weight is 464 g/mol. The van der Waals surface area contributed by atoms with Crippen LogP contribution in [0.2, 0.25) is 5.02 Å². The van der Waals surface area contributed by atoms with Crippen molar-refractivity contribution in [3.05, 3.63) is 87.9 Å². The Kier molecular flexibility index (Phi) is 6.90. The molecule has 0 aliphatic heterocycles. The van der Waals surface area contributed by atoms with E-state index in [0.717, 1.165) is 5.75 Å². The van der Waals surface area contributed by atoms with Gasteiger partial charge in [-0.25, -0.2) is 4.98 Å². The molecule has 7 nitrogen and oxygen atoms in total. The molecule has 0 saturated heterocycles. The van der Waals surface area contributed by atoms with Gasteiger partial charge in [0.15, 0.2) is 5.75 Å². The molecule has 33 heavy (non-hydrogen) atoms. The minimum atomic E-state index is -0.260. The number of ether oxygens (including phenoxy) is 2. The average Bonchev–Trinajstić information content (AvgIpc) is 2.81. The van der Waals surface area contributed by atoms with Crippen molar-refractivity contribution in [3.63, 3.8) is 0 Å². The van der Waals surface area contributed by atoms with E-state index in [4.69, 9.17) is 21.1 Å². The minimum absolute atomic E-state index is 0.121. The Bertz CT molecular complexity index is 1340. The van der Waals surface area contributed by atoms with Crippen molar-refractivity contribution in [2.45, 2.75) is 19.8 Å². The Balaban J connectivity index is 1.44. The van der Waals surface area contributed by atoms with Crippen LogP contribution in [-0.2, 0) is 11.2 Å². The molecule has 0 spiro atoms. The molecular weight excluding hydrogens is 442 g/mol. The SMILES string of the molecule is CCOc1ccc(Oc2ccc(Cl)cc2NC(=O)CCc2nc3ccccc3c(=O)[nH]2)cc1. The van der Waals surface area contributed by atoms with Crippen molar-refractivity contribution in [2.75, 3.05) is 11.9 Å². The molecule has 0 atom stereocenters. The number of rotatable bonds is 8. The molecule has 4 rings (SSSR count). The van der Waals surface area contributed by atoms with E-state index in [0.29, 0.717) is 45.5 Å². The summed E-state index contributed by atoms with van der Waals surface area (Å²) in [4.78, 5) is 32.0. The van der Waals surface area contributed by atoms with Gasteiger partial charge in [0, 0.05) is 17.9 Å². The van der Waals surface area contributed by atoms with Gasteiger partial charge >= 0.3 is 0 Å². The number of amides is 1. The van der Waals surface area contributed by atoms with Crippen LogP contribution in [0.4, 0.5) is 5.69 Å². The van der Waals surface area contributed by atoms with Crippen LogP contribution in [0.3, 0.4) is 0 Å². The van der Waals surface area contributed by atoms with Crippen LogP contribution in [-0.4, -0.2) is 22.5 Å². The van der Waals surface area contributed by atoms with Gasteiger partial charge in [-0.15, -0.1) is 0 Å². The molecule has 1 aromatic heterocycles. The fourth-order valence-electron chi connectivity index (χ4n) is 3.28. The van der Waals surface area contributed by atoms with Gasteiger partial charge in [0.25, 0.3) is 5.56 Å². The van der Waals surface area contributed by atoms with E-state index in [9.17, 15) is 9.59 Å². The molecule has 8 heteroatoms. The molecule has 0 saturated carbocycles. The number of nitrogens with one attached hydrogen (secondary N) is 2. The zero-order chi connectivity index (χ0) is 23.2. The Labute approximate surface area is 195 Å². The van der Waals surface area contributed by atoms with Crippen LogP contribution in [0.25, 0.3) is 10.9 Å². The first-order valence-corrected chi connectivity index (χ1v) is 10.9. The second-order valence-electron chi connectivity index (χ2n) is 7.22. The maximum absolute atomic E-state index is 12.6. The van der Waals surface area contributed by atoms with Crippen molar-refractivity contribution in [1.82, 2.24) is 9.97 Å². The number of aryl methyl sites for hydroxylation is 1. The van der Waals surface area contributed by atoms with E-state index < -0.39 is 0 Å². The number of benzene rings is 3. The zero-order valence-corrected chi connectivity index (χ0v) is 18.7. The summed E-state index contributed by atoms with van der Waals surface area (Å²) < 4.78 is 11.4. The molecule has 0 bridgehead atoms. The molecule has 0 unspecified atom stereocenters. The number of hydrogen-bond acceptors (Lipinski definition) is 5. The number of halogens is 1. The third-order valence-corrected chi connectivity index (χ3v) is 5.06. The first-order valence-electron chi connectivity index (χ1n) is 10.5. The summed E-state index contributed by atoms with van der Waals surface area (Å²) in [5.74, 6) is 1.98. The molecular formula is C25H22ClN3O4. The molecule has 2 N–H and O–H groups in total. The number of aromatic nitrogens is 2. The highest BCUT2D eigenvalue weighted by molar-refractivity contribution is 6.31.